The van der Waals surface area contributed by atoms with Gasteiger partial charge in [-0.1, -0.05) is 28.9 Å². The number of pyridine rings is 1. The lowest BCUT2D eigenvalue weighted by molar-refractivity contribution is 0.0919. The van der Waals surface area contributed by atoms with Crippen molar-refractivity contribution < 1.29 is 9.90 Å². The number of aryl methyl sites for hydroxylation is 1. The van der Waals surface area contributed by atoms with Gasteiger partial charge in [0.05, 0.1) is 51.7 Å². The van der Waals surface area contributed by atoms with Crippen LogP contribution in [0.25, 0.3) is 27.8 Å². The zero-order valence-electron chi connectivity index (χ0n) is 22.1. The summed E-state index contributed by atoms with van der Waals surface area (Å²) in [5.74, 6) is 0.171. The Bertz CT molecular complexity index is 1760. The molecule has 1 saturated carbocycles. The first-order valence-corrected chi connectivity index (χ1v) is 13.9. The fourth-order valence-corrected chi connectivity index (χ4v) is 5.90. The standard InChI is InChI=1S/C29H30ClN7O3/c1-18-23(14-20(30)16-31-18)28(39)32-21-8-6-19(7-9-21)17-35-26-4-2-3-5-27(26)37(29(35)40)22-10-11-25-24(15-22)33-34-36(25)12-13-38/h2-5,10-11,14-16,19,21,38H,6-9,12-13,17H2,1H3,(H,32,39)/t19-,21-. The predicted octanol–water partition coefficient (Wildman–Crippen LogP) is 3.87. The first-order chi connectivity index (χ1) is 19.4. The van der Waals surface area contributed by atoms with Gasteiger partial charge >= 0.3 is 5.69 Å². The molecule has 6 rings (SSSR count). The maximum Gasteiger partial charge on any atom is 0.333 e. The van der Waals surface area contributed by atoms with E-state index in [0.29, 0.717) is 40.8 Å². The molecule has 10 nitrogen and oxygen atoms in total. The van der Waals surface area contributed by atoms with Gasteiger partial charge in [0.2, 0.25) is 0 Å². The third kappa shape index (κ3) is 4.89. The number of aliphatic hydroxyl groups is 1. The van der Waals surface area contributed by atoms with E-state index in [0.717, 1.165) is 47.9 Å². The second kappa shape index (κ2) is 10.9. The SMILES string of the molecule is Cc1ncc(Cl)cc1C(=O)N[C@H]1CC[C@H](Cn2c(=O)n(-c3ccc4c(c3)nnn4CCO)c3ccccc32)CC1. The molecule has 1 fully saturated rings. The summed E-state index contributed by atoms with van der Waals surface area (Å²) in [6.07, 6.45) is 5.04. The fourth-order valence-electron chi connectivity index (χ4n) is 5.74. The number of halogens is 1. The van der Waals surface area contributed by atoms with E-state index in [2.05, 4.69) is 20.6 Å². The summed E-state index contributed by atoms with van der Waals surface area (Å²) in [6.45, 7) is 2.74. The molecule has 1 amide bonds. The molecule has 2 aromatic carbocycles. The Balaban J connectivity index is 1.20. The Morgan fingerprint density at radius 3 is 2.62 bits per heavy atom. The highest BCUT2D eigenvalue weighted by Crippen LogP contribution is 2.28. The number of hydrogen-bond acceptors (Lipinski definition) is 6. The highest BCUT2D eigenvalue weighted by atomic mass is 35.5. The number of imidazole rings is 1. The van der Waals surface area contributed by atoms with Crippen molar-refractivity contribution >= 4 is 39.6 Å². The molecular formula is C29H30ClN7O3. The van der Waals surface area contributed by atoms with Crippen LogP contribution in [0.2, 0.25) is 5.02 Å². The highest BCUT2D eigenvalue weighted by Gasteiger charge is 2.26. The van der Waals surface area contributed by atoms with Gasteiger partial charge < -0.3 is 10.4 Å². The molecule has 11 heteroatoms. The minimum absolute atomic E-state index is 0.0273. The molecule has 3 aromatic heterocycles. The number of fused-ring (bicyclic) bond motifs is 2. The Hall–Kier alpha value is -4.02. The molecule has 0 spiro atoms. The number of hydrogen-bond donors (Lipinski definition) is 2. The number of carbonyl (C=O) groups is 1. The molecular weight excluding hydrogens is 530 g/mol. The Kier molecular flexibility index (Phi) is 7.12. The smallest absolute Gasteiger partial charge is 0.333 e. The second-order valence-corrected chi connectivity index (χ2v) is 10.8. The van der Waals surface area contributed by atoms with Crippen molar-refractivity contribution in [1.82, 2.24) is 34.4 Å². The molecule has 0 radical (unpaired) electrons. The largest absolute Gasteiger partial charge is 0.394 e. The van der Waals surface area contributed by atoms with E-state index in [4.69, 9.17) is 11.6 Å². The van der Waals surface area contributed by atoms with E-state index >= 15 is 0 Å². The van der Waals surface area contributed by atoms with Crippen LogP contribution >= 0.6 is 11.6 Å². The molecule has 40 heavy (non-hydrogen) atoms. The molecule has 0 atom stereocenters. The highest BCUT2D eigenvalue weighted by molar-refractivity contribution is 6.30. The molecule has 206 valence electrons. The summed E-state index contributed by atoms with van der Waals surface area (Å²) < 4.78 is 5.25. The van der Waals surface area contributed by atoms with E-state index in [1.54, 1.807) is 28.4 Å². The van der Waals surface area contributed by atoms with Crippen LogP contribution in [-0.2, 0) is 13.1 Å². The average molecular weight is 560 g/mol. The monoisotopic (exact) mass is 559 g/mol. The molecule has 1 aliphatic rings. The number of aliphatic hydroxyl groups excluding tert-OH is 1. The van der Waals surface area contributed by atoms with Crippen LogP contribution < -0.4 is 11.0 Å². The first-order valence-electron chi connectivity index (χ1n) is 13.5. The number of carbonyl (C=O) groups excluding carboxylic acids is 1. The molecule has 2 N–H and O–H groups in total. The normalized spacial score (nSPS) is 17.5. The van der Waals surface area contributed by atoms with Crippen LogP contribution in [0.15, 0.2) is 59.5 Å². The summed E-state index contributed by atoms with van der Waals surface area (Å²) in [5.41, 5.74) is 4.97. The minimum Gasteiger partial charge on any atom is -0.394 e. The number of amides is 1. The topological polar surface area (TPSA) is 120 Å². The van der Waals surface area contributed by atoms with Crippen LogP contribution in [0.4, 0.5) is 0 Å². The zero-order valence-corrected chi connectivity index (χ0v) is 22.9. The number of nitrogens with one attached hydrogen (secondary N) is 1. The van der Waals surface area contributed by atoms with Crippen molar-refractivity contribution in [2.45, 2.75) is 51.7 Å². The fraction of sp³-hybridized carbons (Fsp3) is 0.345. The predicted molar refractivity (Wildman–Crippen MR) is 153 cm³/mol. The maximum atomic E-state index is 13.8. The van der Waals surface area contributed by atoms with Crippen LogP contribution in [0, 0.1) is 12.8 Å². The van der Waals surface area contributed by atoms with Crippen molar-refractivity contribution in [2.75, 3.05) is 6.61 Å². The summed E-state index contributed by atoms with van der Waals surface area (Å²) in [5, 5.41) is 21.2. The van der Waals surface area contributed by atoms with E-state index in [1.165, 1.54) is 0 Å². The Labute approximate surface area is 235 Å². The van der Waals surface area contributed by atoms with E-state index < -0.39 is 0 Å². The van der Waals surface area contributed by atoms with Gasteiger partial charge in [0.15, 0.2) is 0 Å². The summed E-state index contributed by atoms with van der Waals surface area (Å²) in [6, 6.07) is 15.2. The minimum atomic E-state index is -0.149. The van der Waals surface area contributed by atoms with E-state index in [-0.39, 0.29) is 24.2 Å². The van der Waals surface area contributed by atoms with Crippen LogP contribution in [0.3, 0.4) is 0 Å². The number of nitrogens with zero attached hydrogens (tertiary/aromatic N) is 6. The molecule has 0 aliphatic heterocycles. The van der Waals surface area contributed by atoms with Crippen molar-refractivity contribution in [3.63, 3.8) is 0 Å². The molecule has 0 bridgehead atoms. The van der Waals surface area contributed by atoms with Gasteiger partial charge in [0, 0.05) is 18.8 Å². The number of aromatic nitrogens is 6. The van der Waals surface area contributed by atoms with Crippen LogP contribution in [0.1, 0.15) is 41.7 Å². The van der Waals surface area contributed by atoms with Gasteiger partial charge in [-0.3, -0.25) is 18.9 Å². The van der Waals surface area contributed by atoms with Crippen molar-refractivity contribution in [3.05, 3.63) is 81.5 Å². The van der Waals surface area contributed by atoms with Gasteiger partial charge in [-0.05, 0) is 74.9 Å². The van der Waals surface area contributed by atoms with Gasteiger partial charge in [0.1, 0.15) is 5.52 Å². The third-order valence-corrected chi connectivity index (χ3v) is 8.03. The number of para-hydroxylation sites is 2. The molecule has 1 aliphatic carbocycles. The lowest BCUT2D eigenvalue weighted by atomic mass is 9.85. The average Bonchev–Trinajstić information content (AvgIpc) is 3.48. The number of benzene rings is 2. The van der Waals surface area contributed by atoms with Crippen LogP contribution in [-0.4, -0.2) is 52.8 Å². The third-order valence-electron chi connectivity index (χ3n) is 7.82. The lowest BCUT2D eigenvalue weighted by Gasteiger charge is -2.29. The van der Waals surface area contributed by atoms with Crippen molar-refractivity contribution in [2.24, 2.45) is 5.92 Å². The van der Waals surface area contributed by atoms with Gasteiger partial charge in [0.25, 0.3) is 5.91 Å². The Morgan fingerprint density at radius 2 is 1.85 bits per heavy atom. The summed E-state index contributed by atoms with van der Waals surface area (Å²) in [4.78, 5) is 30.8. The van der Waals surface area contributed by atoms with Gasteiger partial charge in [-0.25, -0.2) is 9.48 Å². The lowest BCUT2D eigenvalue weighted by Crippen LogP contribution is -2.39. The number of rotatable bonds is 7. The summed E-state index contributed by atoms with van der Waals surface area (Å²) in [7, 11) is 0. The maximum absolute atomic E-state index is 13.8. The van der Waals surface area contributed by atoms with Crippen LogP contribution in [0.5, 0.6) is 0 Å². The zero-order chi connectivity index (χ0) is 27.8. The van der Waals surface area contributed by atoms with Crippen molar-refractivity contribution in [1.29, 1.82) is 0 Å². The van der Waals surface area contributed by atoms with Gasteiger partial charge in [-0.2, -0.15) is 0 Å². The van der Waals surface area contributed by atoms with Crippen molar-refractivity contribution in [3.8, 4) is 5.69 Å². The van der Waals surface area contributed by atoms with E-state index in [1.807, 2.05) is 47.0 Å². The summed E-state index contributed by atoms with van der Waals surface area (Å²) >= 11 is 6.05. The molecule has 5 aromatic rings. The Morgan fingerprint density at radius 1 is 1.07 bits per heavy atom. The van der Waals surface area contributed by atoms with E-state index in [9.17, 15) is 14.7 Å². The first kappa shape index (κ1) is 26.2. The quantitative estimate of drug-likeness (QED) is 0.312. The molecule has 3 heterocycles. The second-order valence-electron chi connectivity index (χ2n) is 10.4. The molecule has 0 saturated heterocycles. The van der Waals surface area contributed by atoms with Gasteiger partial charge in [-0.15, -0.1) is 5.10 Å². The molecule has 0 unspecified atom stereocenters.